The Morgan fingerprint density at radius 3 is 2.11 bits per heavy atom. The predicted octanol–water partition coefficient (Wildman–Crippen LogP) is 6.00. The number of anilines is 2. The smallest absolute Gasteiger partial charge is 0.291 e. The van der Waals surface area contributed by atoms with Gasteiger partial charge >= 0.3 is 0 Å². The van der Waals surface area contributed by atoms with Crippen molar-refractivity contribution in [1.82, 2.24) is 9.78 Å². The molecular formula is C29H24N4O3. The highest BCUT2D eigenvalue weighted by atomic mass is 16.3. The van der Waals surface area contributed by atoms with E-state index in [1.54, 1.807) is 47.3 Å². The van der Waals surface area contributed by atoms with Gasteiger partial charge in [-0.15, -0.1) is 0 Å². The topological polar surface area (TPSA) is 89.2 Å². The first kappa shape index (κ1) is 22.9. The normalized spacial score (nSPS) is 10.7. The monoisotopic (exact) mass is 476 g/mol. The van der Waals surface area contributed by atoms with E-state index in [0.29, 0.717) is 29.2 Å². The Morgan fingerprint density at radius 1 is 0.806 bits per heavy atom. The van der Waals surface area contributed by atoms with Crippen LogP contribution in [-0.2, 0) is 6.54 Å². The quantitative estimate of drug-likeness (QED) is 0.301. The molecule has 0 saturated heterocycles. The zero-order valence-corrected chi connectivity index (χ0v) is 19.6. The third kappa shape index (κ3) is 5.26. The lowest BCUT2D eigenvalue weighted by Crippen LogP contribution is -2.13. The molecule has 0 saturated carbocycles. The van der Waals surface area contributed by atoms with Crippen LogP contribution in [0.3, 0.4) is 0 Å². The number of benzene rings is 3. The van der Waals surface area contributed by atoms with E-state index in [1.807, 2.05) is 61.5 Å². The number of aryl methyl sites for hydroxylation is 1. The molecule has 0 fully saturated rings. The molecule has 36 heavy (non-hydrogen) atoms. The SMILES string of the molecule is Cc1ccc(-c2nn(Cc3ccccc3)cc2C(=O)Nc2ccc(NC(=O)c3ccco3)cc2)cc1. The molecule has 178 valence electrons. The van der Waals surface area contributed by atoms with Crippen LogP contribution in [0.2, 0.25) is 0 Å². The fraction of sp³-hybridized carbons (Fsp3) is 0.0690. The van der Waals surface area contributed by atoms with Crippen molar-refractivity contribution in [1.29, 1.82) is 0 Å². The lowest BCUT2D eigenvalue weighted by molar-refractivity contribution is 0.0994. The second kappa shape index (κ2) is 10.1. The van der Waals surface area contributed by atoms with Crippen molar-refractivity contribution in [2.45, 2.75) is 13.5 Å². The summed E-state index contributed by atoms with van der Waals surface area (Å²) in [4.78, 5) is 25.5. The van der Waals surface area contributed by atoms with Crippen LogP contribution < -0.4 is 10.6 Å². The summed E-state index contributed by atoms with van der Waals surface area (Å²) in [5.41, 5.74) is 5.37. The third-order valence-corrected chi connectivity index (χ3v) is 5.66. The van der Waals surface area contributed by atoms with Gasteiger partial charge in [0.2, 0.25) is 0 Å². The zero-order chi connectivity index (χ0) is 24.9. The number of aromatic nitrogens is 2. The maximum absolute atomic E-state index is 13.3. The van der Waals surface area contributed by atoms with Gasteiger partial charge in [-0.05, 0) is 48.9 Å². The van der Waals surface area contributed by atoms with Crippen LogP contribution in [0.15, 0.2) is 108 Å². The minimum absolute atomic E-state index is 0.225. The van der Waals surface area contributed by atoms with Gasteiger partial charge < -0.3 is 15.1 Å². The summed E-state index contributed by atoms with van der Waals surface area (Å²) < 4.78 is 6.89. The molecule has 0 aliphatic rings. The molecule has 5 rings (SSSR count). The molecule has 7 nitrogen and oxygen atoms in total. The number of amides is 2. The van der Waals surface area contributed by atoms with Gasteiger partial charge in [0.25, 0.3) is 11.8 Å². The van der Waals surface area contributed by atoms with Gasteiger partial charge in [0.05, 0.1) is 18.4 Å². The molecule has 0 aliphatic carbocycles. The minimum Gasteiger partial charge on any atom is -0.459 e. The van der Waals surface area contributed by atoms with Crippen molar-refractivity contribution >= 4 is 23.2 Å². The molecule has 0 atom stereocenters. The first-order valence-corrected chi connectivity index (χ1v) is 11.5. The number of rotatable bonds is 7. The standard InChI is InChI=1S/C29H24N4O3/c1-20-9-11-22(12-10-20)27-25(19-33(32-27)18-21-6-3-2-4-7-21)28(34)30-23-13-15-24(16-14-23)31-29(35)26-8-5-17-36-26/h2-17,19H,18H2,1H3,(H,30,34)(H,31,35). The van der Waals surface area contributed by atoms with Crippen molar-refractivity contribution in [2.75, 3.05) is 10.6 Å². The second-order valence-corrected chi connectivity index (χ2v) is 8.40. The molecule has 7 heteroatoms. The van der Waals surface area contributed by atoms with Gasteiger partial charge in [0.15, 0.2) is 5.76 Å². The average Bonchev–Trinajstić information content (AvgIpc) is 3.57. The number of nitrogens with one attached hydrogen (secondary N) is 2. The van der Waals surface area contributed by atoms with Crippen LogP contribution >= 0.6 is 0 Å². The number of hydrogen-bond donors (Lipinski definition) is 2. The predicted molar refractivity (Wildman–Crippen MR) is 139 cm³/mol. The lowest BCUT2D eigenvalue weighted by Gasteiger charge is -2.08. The van der Waals surface area contributed by atoms with Crippen molar-refractivity contribution in [3.63, 3.8) is 0 Å². The number of nitrogens with zero attached hydrogens (tertiary/aromatic N) is 2. The summed E-state index contributed by atoms with van der Waals surface area (Å²) in [6, 6.07) is 28.1. The Kier molecular flexibility index (Phi) is 6.44. The number of carbonyl (C=O) groups excluding carboxylic acids is 2. The molecule has 2 amide bonds. The Labute approximate surface area is 208 Å². The Bertz CT molecular complexity index is 1470. The maximum Gasteiger partial charge on any atom is 0.291 e. The molecule has 2 aromatic heterocycles. The molecule has 5 aromatic rings. The maximum atomic E-state index is 13.3. The van der Waals surface area contributed by atoms with Crippen LogP contribution in [0.4, 0.5) is 11.4 Å². The molecule has 2 N–H and O–H groups in total. The number of carbonyl (C=O) groups is 2. The van der Waals surface area contributed by atoms with Crippen LogP contribution in [0.25, 0.3) is 11.3 Å². The summed E-state index contributed by atoms with van der Waals surface area (Å²) in [6.07, 6.45) is 3.22. The first-order valence-electron chi connectivity index (χ1n) is 11.5. The lowest BCUT2D eigenvalue weighted by atomic mass is 10.1. The van der Waals surface area contributed by atoms with Gasteiger partial charge in [0, 0.05) is 23.1 Å². The van der Waals surface area contributed by atoms with E-state index in [-0.39, 0.29) is 17.6 Å². The Balaban J connectivity index is 1.36. The largest absolute Gasteiger partial charge is 0.459 e. The van der Waals surface area contributed by atoms with Crippen molar-refractivity contribution < 1.29 is 14.0 Å². The molecule has 0 unspecified atom stereocenters. The van der Waals surface area contributed by atoms with Crippen molar-refractivity contribution in [2.24, 2.45) is 0 Å². The van der Waals surface area contributed by atoms with E-state index in [9.17, 15) is 9.59 Å². The highest BCUT2D eigenvalue weighted by Crippen LogP contribution is 2.25. The number of furan rings is 1. The Hall–Kier alpha value is -4.91. The van der Waals surface area contributed by atoms with Gasteiger partial charge in [0.1, 0.15) is 5.69 Å². The van der Waals surface area contributed by atoms with E-state index >= 15 is 0 Å². The average molecular weight is 477 g/mol. The number of hydrogen-bond acceptors (Lipinski definition) is 4. The van der Waals surface area contributed by atoms with Gasteiger partial charge in [-0.2, -0.15) is 5.10 Å². The summed E-state index contributed by atoms with van der Waals surface area (Å²) in [7, 11) is 0. The minimum atomic E-state index is -0.342. The van der Waals surface area contributed by atoms with E-state index < -0.39 is 0 Å². The van der Waals surface area contributed by atoms with Gasteiger partial charge in [-0.1, -0.05) is 60.2 Å². The van der Waals surface area contributed by atoms with Gasteiger partial charge in [-0.3, -0.25) is 14.3 Å². The van der Waals surface area contributed by atoms with E-state index in [2.05, 4.69) is 10.6 Å². The molecule has 0 spiro atoms. The third-order valence-electron chi connectivity index (χ3n) is 5.66. The zero-order valence-electron chi connectivity index (χ0n) is 19.6. The summed E-state index contributed by atoms with van der Waals surface area (Å²) >= 11 is 0. The van der Waals surface area contributed by atoms with E-state index in [0.717, 1.165) is 16.7 Å². The highest BCUT2D eigenvalue weighted by molar-refractivity contribution is 6.08. The van der Waals surface area contributed by atoms with Crippen LogP contribution in [0.5, 0.6) is 0 Å². The molecule has 2 heterocycles. The molecule has 0 radical (unpaired) electrons. The molecule has 0 bridgehead atoms. The van der Waals surface area contributed by atoms with E-state index in [1.165, 1.54) is 6.26 Å². The Morgan fingerprint density at radius 2 is 1.47 bits per heavy atom. The van der Waals surface area contributed by atoms with Crippen LogP contribution in [0.1, 0.15) is 32.0 Å². The van der Waals surface area contributed by atoms with Crippen LogP contribution in [-0.4, -0.2) is 21.6 Å². The highest BCUT2D eigenvalue weighted by Gasteiger charge is 2.19. The van der Waals surface area contributed by atoms with Crippen molar-refractivity contribution in [3.05, 3.63) is 126 Å². The van der Waals surface area contributed by atoms with Crippen LogP contribution in [0, 0.1) is 6.92 Å². The molecular weight excluding hydrogens is 452 g/mol. The van der Waals surface area contributed by atoms with Crippen molar-refractivity contribution in [3.8, 4) is 11.3 Å². The summed E-state index contributed by atoms with van der Waals surface area (Å²) in [5, 5.41) is 10.4. The second-order valence-electron chi connectivity index (χ2n) is 8.40. The fourth-order valence-electron chi connectivity index (χ4n) is 3.80. The fourth-order valence-corrected chi connectivity index (χ4v) is 3.80. The summed E-state index contributed by atoms with van der Waals surface area (Å²) in [5.74, 6) is -0.383. The molecule has 3 aromatic carbocycles. The first-order chi connectivity index (χ1) is 17.5. The summed E-state index contributed by atoms with van der Waals surface area (Å²) in [6.45, 7) is 2.57. The van der Waals surface area contributed by atoms with E-state index in [4.69, 9.17) is 9.52 Å². The molecule has 0 aliphatic heterocycles. The van der Waals surface area contributed by atoms with Gasteiger partial charge in [-0.25, -0.2) is 0 Å².